The van der Waals surface area contributed by atoms with Gasteiger partial charge in [-0.2, -0.15) is 0 Å². The van der Waals surface area contributed by atoms with Crippen molar-refractivity contribution in [3.63, 3.8) is 0 Å². The lowest BCUT2D eigenvalue weighted by atomic mass is 10.1. The number of carbonyl (C=O) groups excluding carboxylic acids is 1. The summed E-state index contributed by atoms with van der Waals surface area (Å²) in [6.07, 6.45) is 48.4. The van der Waals surface area contributed by atoms with Crippen molar-refractivity contribution >= 4 is 5.97 Å². The van der Waals surface area contributed by atoms with Gasteiger partial charge in [0, 0.05) is 6.42 Å². The number of aliphatic hydroxyl groups is 2. The topological polar surface area (TPSA) is 66.8 Å². The van der Waals surface area contributed by atoms with E-state index in [1.54, 1.807) is 0 Å². The fourth-order valence-corrected chi connectivity index (χ4v) is 4.66. The van der Waals surface area contributed by atoms with E-state index in [4.69, 9.17) is 14.9 Å². The third-order valence-corrected chi connectivity index (χ3v) is 7.41. The van der Waals surface area contributed by atoms with E-state index in [0.29, 0.717) is 6.42 Å². The van der Waals surface area contributed by atoms with Gasteiger partial charge in [0.1, 0.15) is 6.10 Å². The minimum atomic E-state index is -0.791. The van der Waals surface area contributed by atoms with Crippen LogP contribution < -0.4 is 0 Å². The van der Waals surface area contributed by atoms with Crippen LogP contribution in [0.3, 0.4) is 0 Å². The smallest absolute Gasteiger partial charge is 0.306 e. The predicted molar refractivity (Wildman–Crippen MR) is 186 cm³/mol. The summed E-state index contributed by atoms with van der Waals surface area (Å²) in [5.41, 5.74) is 1.25. The molecular formula is C39H66O4. The zero-order chi connectivity index (χ0) is 31.5. The van der Waals surface area contributed by atoms with Crippen LogP contribution in [0.25, 0.3) is 0 Å². The standard InChI is InChI=1S/C39H66O4/c1-3-5-7-8-9-10-11-12-13-14-15-16-18-21-24-28-32-37(31-27-6-4-2)33-29-25-22-19-17-20-23-26-30-34-39(42)43-38(35-40)36-41/h16,18,21-22,24-25,28-29,31-33,38,40-41H,3-15,17,19-20,23,26-27,30,34-36H2,1-2H3. The Morgan fingerprint density at radius 2 is 1.02 bits per heavy atom. The molecule has 0 aliphatic heterocycles. The van der Waals surface area contributed by atoms with Gasteiger partial charge < -0.3 is 14.9 Å². The first-order valence-corrected chi connectivity index (χ1v) is 17.6. The van der Waals surface area contributed by atoms with Crippen LogP contribution in [0.15, 0.2) is 72.4 Å². The number of ether oxygens (including phenoxy) is 1. The molecule has 0 unspecified atom stereocenters. The summed E-state index contributed by atoms with van der Waals surface area (Å²) in [4.78, 5) is 11.6. The molecule has 0 rings (SSSR count). The highest BCUT2D eigenvalue weighted by molar-refractivity contribution is 5.69. The molecule has 4 heteroatoms. The van der Waals surface area contributed by atoms with Gasteiger partial charge in [-0.3, -0.25) is 4.79 Å². The molecule has 0 saturated heterocycles. The average molecular weight is 599 g/mol. The largest absolute Gasteiger partial charge is 0.457 e. The van der Waals surface area contributed by atoms with Crippen molar-refractivity contribution in [1.29, 1.82) is 0 Å². The Labute approximate surface area is 265 Å². The molecule has 0 aromatic rings. The third kappa shape index (κ3) is 31.1. The molecule has 0 radical (unpaired) electrons. The molecule has 2 N–H and O–H groups in total. The van der Waals surface area contributed by atoms with Gasteiger partial charge in [-0.05, 0) is 44.1 Å². The maximum absolute atomic E-state index is 11.6. The first-order valence-electron chi connectivity index (χ1n) is 17.6. The lowest BCUT2D eigenvalue weighted by molar-refractivity contribution is -0.153. The summed E-state index contributed by atoms with van der Waals surface area (Å²) in [6.45, 7) is 3.83. The van der Waals surface area contributed by atoms with Gasteiger partial charge in [-0.1, -0.05) is 171 Å². The molecule has 0 heterocycles. The fourth-order valence-electron chi connectivity index (χ4n) is 4.66. The van der Waals surface area contributed by atoms with E-state index in [9.17, 15) is 4.79 Å². The Bertz CT molecular complexity index is 783. The van der Waals surface area contributed by atoms with E-state index in [0.717, 1.165) is 44.9 Å². The van der Waals surface area contributed by atoms with Gasteiger partial charge in [0.2, 0.25) is 0 Å². The minimum absolute atomic E-state index is 0.340. The highest BCUT2D eigenvalue weighted by Gasteiger charge is 2.11. The van der Waals surface area contributed by atoms with Crippen LogP contribution in [-0.2, 0) is 9.53 Å². The van der Waals surface area contributed by atoms with Crippen molar-refractivity contribution in [1.82, 2.24) is 0 Å². The van der Waals surface area contributed by atoms with E-state index >= 15 is 0 Å². The maximum Gasteiger partial charge on any atom is 0.306 e. The van der Waals surface area contributed by atoms with Crippen LogP contribution in [0.4, 0.5) is 0 Å². The quantitative estimate of drug-likeness (QED) is 0.0490. The molecule has 0 aromatic carbocycles. The van der Waals surface area contributed by atoms with Gasteiger partial charge in [-0.15, -0.1) is 0 Å². The number of aliphatic hydroxyl groups excluding tert-OH is 2. The summed E-state index contributed by atoms with van der Waals surface area (Å²) in [5.74, 6) is -0.344. The number of allylic oxidation sites excluding steroid dienone is 12. The van der Waals surface area contributed by atoms with Crippen molar-refractivity contribution in [2.75, 3.05) is 13.2 Å². The summed E-state index contributed by atoms with van der Waals surface area (Å²) in [6, 6.07) is 0. The molecule has 4 nitrogen and oxygen atoms in total. The number of hydrogen-bond donors (Lipinski definition) is 2. The molecule has 0 amide bonds. The van der Waals surface area contributed by atoms with Gasteiger partial charge in [0.15, 0.2) is 0 Å². The highest BCUT2D eigenvalue weighted by Crippen LogP contribution is 2.12. The SMILES string of the molecule is CCCCC=C(C=CC=CC=CCCCCCCCCCCCC)C=CC=CCCCCCCCC(=O)OC(CO)CO. The maximum atomic E-state index is 11.6. The number of unbranched alkanes of at least 4 members (excludes halogenated alkanes) is 17. The van der Waals surface area contributed by atoms with Crippen LogP contribution in [0.1, 0.15) is 149 Å². The predicted octanol–water partition coefficient (Wildman–Crippen LogP) is 10.8. The molecular weight excluding hydrogens is 532 g/mol. The van der Waals surface area contributed by atoms with E-state index in [1.165, 1.54) is 89.0 Å². The van der Waals surface area contributed by atoms with Crippen LogP contribution in [0, 0.1) is 0 Å². The molecule has 0 spiro atoms. The fraction of sp³-hybridized carbons (Fsp3) is 0.667. The second kappa shape index (κ2) is 34.3. The molecule has 246 valence electrons. The Morgan fingerprint density at radius 1 is 0.558 bits per heavy atom. The van der Waals surface area contributed by atoms with Crippen molar-refractivity contribution in [3.05, 3.63) is 72.4 Å². The van der Waals surface area contributed by atoms with E-state index in [-0.39, 0.29) is 19.2 Å². The average Bonchev–Trinajstić information content (AvgIpc) is 3.01. The first-order chi connectivity index (χ1) is 21.2. The Morgan fingerprint density at radius 3 is 1.58 bits per heavy atom. The Kier molecular flexibility index (Phi) is 32.6. The van der Waals surface area contributed by atoms with Crippen molar-refractivity contribution in [2.24, 2.45) is 0 Å². The monoisotopic (exact) mass is 598 g/mol. The minimum Gasteiger partial charge on any atom is -0.457 e. The zero-order valence-corrected chi connectivity index (χ0v) is 27.9. The molecule has 0 aliphatic carbocycles. The van der Waals surface area contributed by atoms with Gasteiger partial charge in [0.25, 0.3) is 0 Å². The van der Waals surface area contributed by atoms with Crippen molar-refractivity contribution in [3.8, 4) is 0 Å². The van der Waals surface area contributed by atoms with Gasteiger partial charge >= 0.3 is 5.97 Å². The second-order valence-electron chi connectivity index (χ2n) is 11.6. The van der Waals surface area contributed by atoms with E-state index in [2.05, 4.69) is 80.7 Å². The molecule has 0 aliphatic rings. The van der Waals surface area contributed by atoms with E-state index in [1.807, 2.05) is 0 Å². The summed E-state index contributed by atoms with van der Waals surface area (Å²) in [5, 5.41) is 17.9. The highest BCUT2D eigenvalue weighted by atomic mass is 16.6. The van der Waals surface area contributed by atoms with Crippen LogP contribution in [0.2, 0.25) is 0 Å². The van der Waals surface area contributed by atoms with Crippen LogP contribution in [0.5, 0.6) is 0 Å². The first kappa shape index (κ1) is 40.8. The molecule has 0 bridgehead atoms. The molecule has 0 saturated carbocycles. The lowest BCUT2D eigenvalue weighted by Crippen LogP contribution is -2.25. The third-order valence-electron chi connectivity index (χ3n) is 7.41. The summed E-state index contributed by atoms with van der Waals surface area (Å²) in [7, 11) is 0. The second-order valence-corrected chi connectivity index (χ2v) is 11.6. The van der Waals surface area contributed by atoms with Gasteiger partial charge in [0.05, 0.1) is 13.2 Å². The number of rotatable bonds is 30. The summed E-state index contributed by atoms with van der Waals surface area (Å²) >= 11 is 0. The van der Waals surface area contributed by atoms with E-state index < -0.39 is 6.10 Å². The van der Waals surface area contributed by atoms with Crippen LogP contribution in [-0.4, -0.2) is 35.5 Å². The number of esters is 1. The zero-order valence-electron chi connectivity index (χ0n) is 27.9. The molecule has 0 atom stereocenters. The lowest BCUT2D eigenvalue weighted by Gasteiger charge is -2.12. The van der Waals surface area contributed by atoms with Crippen LogP contribution >= 0.6 is 0 Å². The normalized spacial score (nSPS) is 12.9. The number of hydrogen-bond acceptors (Lipinski definition) is 4. The molecule has 0 fully saturated rings. The Balaban J connectivity index is 4.08. The number of carbonyl (C=O) groups is 1. The summed E-state index contributed by atoms with van der Waals surface area (Å²) < 4.78 is 4.98. The Hall–Kier alpha value is -2.17. The van der Waals surface area contributed by atoms with Gasteiger partial charge in [-0.25, -0.2) is 0 Å². The van der Waals surface area contributed by atoms with Crippen molar-refractivity contribution < 1.29 is 19.7 Å². The molecule has 0 aromatic heterocycles. The van der Waals surface area contributed by atoms with Crippen molar-refractivity contribution in [2.45, 2.75) is 155 Å². The molecule has 43 heavy (non-hydrogen) atoms.